The van der Waals surface area contributed by atoms with Gasteiger partial charge in [-0.15, -0.1) is 0 Å². The first-order valence-electron chi connectivity index (χ1n) is 6.83. The van der Waals surface area contributed by atoms with E-state index in [1.807, 2.05) is 31.3 Å². The van der Waals surface area contributed by atoms with E-state index >= 15 is 0 Å². The highest BCUT2D eigenvalue weighted by molar-refractivity contribution is 6.30. The van der Waals surface area contributed by atoms with Crippen molar-refractivity contribution in [2.24, 2.45) is 7.05 Å². The number of methoxy groups -OCH3 is 1. The molecule has 0 radical (unpaired) electrons. The average molecular weight is 310 g/mol. The van der Waals surface area contributed by atoms with Crippen molar-refractivity contribution in [2.75, 3.05) is 20.3 Å². The van der Waals surface area contributed by atoms with Crippen LogP contribution in [0.2, 0.25) is 5.02 Å². The fraction of sp³-hybridized carbons (Fsp3) is 0.400. The lowest BCUT2D eigenvalue weighted by atomic mass is 10.2. The fourth-order valence-corrected chi connectivity index (χ4v) is 2.30. The van der Waals surface area contributed by atoms with Crippen LogP contribution < -0.4 is 14.8 Å². The van der Waals surface area contributed by atoms with Gasteiger partial charge in [-0.05, 0) is 30.8 Å². The van der Waals surface area contributed by atoms with E-state index in [0.29, 0.717) is 11.6 Å². The Morgan fingerprint density at radius 1 is 1.33 bits per heavy atom. The van der Waals surface area contributed by atoms with E-state index in [1.165, 1.54) is 0 Å². The first-order chi connectivity index (χ1) is 10.2. The summed E-state index contributed by atoms with van der Waals surface area (Å²) in [6, 6.07) is 7.32. The summed E-state index contributed by atoms with van der Waals surface area (Å²) in [6.07, 6.45) is 1.71. The molecule has 2 rings (SSSR count). The average Bonchev–Trinajstić information content (AvgIpc) is 2.86. The van der Waals surface area contributed by atoms with Crippen molar-refractivity contribution >= 4 is 11.6 Å². The highest BCUT2D eigenvalue weighted by Crippen LogP contribution is 2.25. The SMILES string of the molecule is CCNC(COc1ccc(Cl)cc1)c1c(OC)cnn1C. The molecule has 0 aliphatic carbocycles. The van der Waals surface area contributed by atoms with Gasteiger partial charge in [0, 0.05) is 12.1 Å². The molecule has 5 nitrogen and oxygen atoms in total. The summed E-state index contributed by atoms with van der Waals surface area (Å²) < 4.78 is 13.0. The Morgan fingerprint density at radius 2 is 2.05 bits per heavy atom. The number of likely N-dealkylation sites (N-methyl/N-ethyl adjacent to an activating group) is 1. The van der Waals surface area contributed by atoms with Crippen LogP contribution in [0.4, 0.5) is 0 Å². The van der Waals surface area contributed by atoms with Gasteiger partial charge in [0.25, 0.3) is 0 Å². The number of aromatic nitrogens is 2. The molecule has 6 heteroatoms. The van der Waals surface area contributed by atoms with Crippen LogP contribution in [0.25, 0.3) is 0 Å². The van der Waals surface area contributed by atoms with Crippen molar-refractivity contribution in [3.05, 3.63) is 41.2 Å². The molecule has 1 N–H and O–H groups in total. The Hall–Kier alpha value is -1.72. The Bertz CT molecular complexity index is 569. The predicted octanol–water partition coefficient (Wildman–Crippen LogP) is 2.81. The number of ether oxygens (including phenoxy) is 2. The summed E-state index contributed by atoms with van der Waals surface area (Å²) in [5.41, 5.74) is 0.966. The molecule has 21 heavy (non-hydrogen) atoms. The molecule has 1 unspecified atom stereocenters. The number of hydrogen-bond acceptors (Lipinski definition) is 4. The van der Waals surface area contributed by atoms with Gasteiger partial charge in [0.15, 0.2) is 5.75 Å². The van der Waals surface area contributed by atoms with Crippen LogP contribution in [0, 0.1) is 0 Å². The van der Waals surface area contributed by atoms with E-state index in [1.54, 1.807) is 18.0 Å². The monoisotopic (exact) mass is 309 g/mol. The zero-order valence-corrected chi connectivity index (χ0v) is 13.2. The first kappa shape index (κ1) is 15.7. The number of benzene rings is 1. The highest BCUT2D eigenvalue weighted by atomic mass is 35.5. The zero-order chi connectivity index (χ0) is 15.2. The van der Waals surface area contributed by atoms with Crippen molar-refractivity contribution in [1.82, 2.24) is 15.1 Å². The third-order valence-electron chi connectivity index (χ3n) is 3.18. The Labute approximate surface area is 129 Å². The number of nitrogens with zero attached hydrogens (tertiary/aromatic N) is 2. The van der Waals surface area contributed by atoms with Crippen LogP contribution in [0.5, 0.6) is 11.5 Å². The molecule has 1 heterocycles. The standard InChI is InChI=1S/C15H20ClN3O2/c1-4-17-13(15-14(20-3)9-18-19(15)2)10-21-12-7-5-11(16)6-8-12/h5-9,13,17H,4,10H2,1-3H3. The quantitative estimate of drug-likeness (QED) is 0.854. The Morgan fingerprint density at radius 3 is 2.67 bits per heavy atom. The van der Waals surface area contributed by atoms with E-state index < -0.39 is 0 Å². The van der Waals surface area contributed by atoms with Crippen molar-refractivity contribution < 1.29 is 9.47 Å². The van der Waals surface area contributed by atoms with Gasteiger partial charge in [-0.1, -0.05) is 18.5 Å². The minimum Gasteiger partial charge on any atom is -0.493 e. The number of halogens is 1. The first-order valence-corrected chi connectivity index (χ1v) is 7.21. The molecule has 1 atom stereocenters. The van der Waals surface area contributed by atoms with Gasteiger partial charge >= 0.3 is 0 Å². The molecule has 2 aromatic rings. The minimum atomic E-state index is -0.00636. The van der Waals surface area contributed by atoms with Crippen LogP contribution in [0.15, 0.2) is 30.5 Å². The summed E-state index contributed by atoms with van der Waals surface area (Å²) >= 11 is 5.87. The number of rotatable bonds is 7. The lowest BCUT2D eigenvalue weighted by Gasteiger charge is -2.20. The molecule has 0 saturated heterocycles. The summed E-state index contributed by atoms with van der Waals surface area (Å²) in [5, 5.41) is 8.32. The molecular weight excluding hydrogens is 290 g/mol. The van der Waals surface area contributed by atoms with Crippen LogP contribution in [0.3, 0.4) is 0 Å². The summed E-state index contributed by atoms with van der Waals surface area (Å²) in [7, 11) is 3.54. The lowest BCUT2D eigenvalue weighted by molar-refractivity contribution is 0.257. The topological polar surface area (TPSA) is 48.3 Å². The second-order valence-electron chi connectivity index (χ2n) is 4.60. The van der Waals surface area contributed by atoms with E-state index in [9.17, 15) is 0 Å². The molecule has 0 bridgehead atoms. The third kappa shape index (κ3) is 3.89. The van der Waals surface area contributed by atoms with Crippen LogP contribution in [-0.4, -0.2) is 30.0 Å². The second kappa shape index (κ2) is 7.33. The third-order valence-corrected chi connectivity index (χ3v) is 3.43. The van der Waals surface area contributed by atoms with E-state index in [-0.39, 0.29) is 6.04 Å². The largest absolute Gasteiger partial charge is 0.493 e. The smallest absolute Gasteiger partial charge is 0.161 e. The maximum absolute atomic E-state index is 5.87. The van der Waals surface area contributed by atoms with E-state index in [2.05, 4.69) is 17.3 Å². The summed E-state index contributed by atoms with van der Waals surface area (Å²) in [4.78, 5) is 0. The van der Waals surface area contributed by atoms with Gasteiger partial charge in [-0.3, -0.25) is 4.68 Å². The van der Waals surface area contributed by atoms with Crippen molar-refractivity contribution in [2.45, 2.75) is 13.0 Å². The van der Waals surface area contributed by atoms with Crippen LogP contribution in [0.1, 0.15) is 18.7 Å². The minimum absolute atomic E-state index is 0.00636. The maximum Gasteiger partial charge on any atom is 0.161 e. The Kier molecular flexibility index (Phi) is 5.47. The normalized spacial score (nSPS) is 12.2. The van der Waals surface area contributed by atoms with Gasteiger partial charge in [-0.25, -0.2) is 0 Å². The van der Waals surface area contributed by atoms with Gasteiger partial charge in [-0.2, -0.15) is 5.10 Å². The fourth-order valence-electron chi connectivity index (χ4n) is 2.17. The molecule has 0 aliphatic heterocycles. The van der Waals surface area contributed by atoms with Gasteiger partial charge in [0.05, 0.1) is 19.3 Å². The van der Waals surface area contributed by atoms with Crippen molar-refractivity contribution in [3.8, 4) is 11.5 Å². The van der Waals surface area contributed by atoms with Gasteiger partial charge < -0.3 is 14.8 Å². The number of aryl methyl sites for hydroxylation is 1. The van der Waals surface area contributed by atoms with Gasteiger partial charge in [0.1, 0.15) is 18.1 Å². The summed E-state index contributed by atoms with van der Waals surface area (Å²) in [5.74, 6) is 1.53. The van der Waals surface area contributed by atoms with Crippen molar-refractivity contribution in [1.29, 1.82) is 0 Å². The van der Waals surface area contributed by atoms with Crippen molar-refractivity contribution in [3.63, 3.8) is 0 Å². The molecule has 0 spiro atoms. The molecule has 0 saturated carbocycles. The number of hydrogen-bond donors (Lipinski definition) is 1. The lowest BCUT2D eigenvalue weighted by Crippen LogP contribution is -2.29. The molecule has 0 fully saturated rings. The van der Waals surface area contributed by atoms with Gasteiger partial charge in [0.2, 0.25) is 0 Å². The Balaban J connectivity index is 2.11. The van der Waals surface area contributed by atoms with Crippen LogP contribution >= 0.6 is 11.6 Å². The number of nitrogens with one attached hydrogen (secondary N) is 1. The molecule has 0 amide bonds. The molecular formula is C15H20ClN3O2. The second-order valence-corrected chi connectivity index (χ2v) is 5.03. The molecule has 1 aromatic heterocycles. The predicted molar refractivity (Wildman–Crippen MR) is 83.1 cm³/mol. The van der Waals surface area contributed by atoms with E-state index in [4.69, 9.17) is 21.1 Å². The summed E-state index contributed by atoms with van der Waals surface area (Å²) in [6.45, 7) is 3.35. The molecule has 0 aliphatic rings. The zero-order valence-electron chi connectivity index (χ0n) is 12.5. The van der Waals surface area contributed by atoms with Crippen LogP contribution in [-0.2, 0) is 7.05 Å². The highest BCUT2D eigenvalue weighted by Gasteiger charge is 2.20. The maximum atomic E-state index is 5.87. The van der Waals surface area contributed by atoms with E-state index in [0.717, 1.165) is 23.7 Å². The molecule has 114 valence electrons. The molecule has 1 aromatic carbocycles.